The molecule has 3 aliphatic rings. The maximum absolute atomic E-state index is 13.7. The Bertz CT molecular complexity index is 1950. The minimum Gasteiger partial charge on any atom is -0.506 e. The Labute approximate surface area is 353 Å². The van der Waals surface area contributed by atoms with Crippen molar-refractivity contribution in [1.82, 2.24) is 9.80 Å². The maximum atomic E-state index is 13.7. The number of aliphatic hydroxyl groups excluding tert-OH is 1. The number of methoxy groups -OCH3 is 2. The number of piperazine rings is 1. The molecule has 3 amide bonds. The van der Waals surface area contributed by atoms with Gasteiger partial charge in [-0.3, -0.25) is 19.4 Å². The van der Waals surface area contributed by atoms with Crippen LogP contribution in [-0.2, 0) is 25.5 Å². The molecule has 2 heterocycles. The van der Waals surface area contributed by atoms with Crippen LogP contribution in [0.4, 0.5) is 16.2 Å². The Hall–Kier alpha value is -4.99. The number of phenolic OH excluding ortho intramolecular Hbond substituents is 2. The first-order chi connectivity index (χ1) is 28.7. The van der Waals surface area contributed by atoms with Crippen LogP contribution in [0, 0.1) is 5.92 Å². The molecular formula is C46H63N5O9. The van der Waals surface area contributed by atoms with Crippen LogP contribution in [-0.4, -0.2) is 114 Å². The summed E-state index contributed by atoms with van der Waals surface area (Å²) in [4.78, 5) is 44.1. The van der Waals surface area contributed by atoms with Gasteiger partial charge in [0.25, 0.3) is 11.8 Å². The van der Waals surface area contributed by atoms with Crippen LogP contribution in [0.1, 0.15) is 87.7 Å². The van der Waals surface area contributed by atoms with E-state index >= 15 is 0 Å². The van der Waals surface area contributed by atoms with Crippen molar-refractivity contribution in [3.05, 3.63) is 88.0 Å². The van der Waals surface area contributed by atoms with Gasteiger partial charge in [-0.05, 0) is 69.4 Å². The Morgan fingerprint density at radius 2 is 1.67 bits per heavy atom. The smallest absolute Gasteiger partial charge is 0.405 e. The molecule has 5 atom stereocenters. The van der Waals surface area contributed by atoms with Crippen molar-refractivity contribution >= 4 is 35.4 Å². The van der Waals surface area contributed by atoms with Gasteiger partial charge < -0.3 is 45.9 Å². The van der Waals surface area contributed by atoms with E-state index in [4.69, 9.17) is 19.9 Å². The number of phenols is 2. The van der Waals surface area contributed by atoms with E-state index in [2.05, 4.69) is 20.4 Å². The fraction of sp³-hybridized carbons (Fsp3) is 0.500. The minimum absolute atomic E-state index is 0.0436. The molecule has 0 spiro atoms. The third kappa shape index (κ3) is 12.1. The van der Waals surface area contributed by atoms with Crippen LogP contribution >= 0.6 is 0 Å². The van der Waals surface area contributed by atoms with Crippen molar-refractivity contribution in [2.45, 2.75) is 103 Å². The highest BCUT2D eigenvalue weighted by Gasteiger charge is 2.30. The minimum atomic E-state index is -1.05. The first kappa shape index (κ1) is 46.1. The zero-order chi connectivity index (χ0) is 43.5. The standard InChI is InChI=1S/C46H63N5O9/c1-28-23-35-40(49-45(56)33-17-15-32(16-18-33)27-50-19-21-51(22-20-50)34-12-8-7-9-13-34)37(52)26-36(42(35)54)48-44(55)29(2)11-10-14-38(58-5)43(60-46(47)57)31(4)25-30(3)41(53)39(24-28)59-6/h10-11,14-18,23,25-26,30,34,38-39,41,43,52-54H,7-9,12-13,19-22,24,27H2,1-6H3,(H2,47,57)(H,48,55)(H,49,56)/t30-,38-,39-,41+,43-/m0/s1. The van der Waals surface area contributed by atoms with Crippen molar-refractivity contribution in [2.75, 3.05) is 51.0 Å². The number of aromatic hydroxyl groups is 2. The number of rotatable bonds is 8. The molecule has 5 rings (SSSR count). The SMILES string of the molecule is CO[C@H]1C=CC=C(C)C(=O)Nc2cc(O)c(NC(=O)c3ccc(CN4CCN(C5CCCCC5)CC4)cc3)c(c2O)C=C(C)C[C@H](OC)[C@H](O)[C@@H](C)C=C(C)[C@@H]1OC(N)=O. The van der Waals surface area contributed by atoms with E-state index in [-0.39, 0.29) is 28.9 Å². The molecule has 7 N–H and O–H groups in total. The van der Waals surface area contributed by atoms with Crippen LogP contribution in [0.15, 0.2) is 71.4 Å². The number of allylic oxidation sites excluding steroid dienone is 2. The number of carbonyl (C=O) groups is 3. The molecule has 2 fully saturated rings. The number of hydrogen-bond donors (Lipinski definition) is 6. The van der Waals surface area contributed by atoms with Gasteiger partial charge in [0, 0.05) is 81.7 Å². The monoisotopic (exact) mass is 829 g/mol. The normalized spacial score (nSPS) is 24.5. The number of amides is 3. The third-order valence-corrected chi connectivity index (χ3v) is 11.9. The van der Waals surface area contributed by atoms with Crippen LogP contribution in [0.5, 0.6) is 11.5 Å². The summed E-state index contributed by atoms with van der Waals surface area (Å²) in [6.07, 6.45) is 10.2. The van der Waals surface area contributed by atoms with E-state index in [0.717, 1.165) is 44.3 Å². The van der Waals surface area contributed by atoms with Gasteiger partial charge in [-0.15, -0.1) is 0 Å². The number of aliphatic hydroxyl groups is 1. The van der Waals surface area contributed by atoms with Gasteiger partial charge in [-0.25, -0.2) is 4.79 Å². The molecule has 2 aliphatic heterocycles. The lowest BCUT2D eigenvalue weighted by molar-refractivity contribution is -0.112. The van der Waals surface area contributed by atoms with Crippen LogP contribution in [0.25, 0.3) is 6.08 Å². The number of nitrogens with zero attached hydrogens (tertiary/aromatic N) is 2. The lowest BCUT2D eigenvalue weighted by Gasteiger charge is -2.40. The molecule has 326 valence electrons. The van der Waals surface area contributed by atoms with Crippen LogP contribution < -0.4 is 16.4 Å². The number of benzene rings is 2. The molecule has 1 saturated carbocycles. The molecule has 14 heteroatoms. The highest BCUT2D eigenvalue weighted by molar-refractivity contribution is 6.09. The zero-order valence-corrected chi connectivity index (χ0v) is 35.8. The predicted octanol–water partition coefficient (Wildman–Crippen LogP) is 6.49. The number of hydrogen-bond acceptors (Lipinski definition) is 11. The molecule has 0 radical (unpaired) electrons. The van der Waals surface area contributed by atoms with Crippen molar-refractivity contribution in [2.24, 2.45) is 11.7 Å². The fourth-order valence-corrected chi connectivity index (χ4v) is 8.35. The van der Waals surface area contributed by atoms with Crippen LogP contribution in [0.3, 0.4) is 0 Å². The second-order valence-electron chi connectivity index (χ2n) is 16.3. The summed E-state index contributed by atoms with van der Waals surface area (Å²) in [5.41, 5.74) is 8.13. The summed E-state index contributed by atoms with van der Waals surface area (Å²) in [6.45, 7) is 11.8. The summed E-state index contributed by atoms with van der Waals surface area (Å²) in [5.74, 6) is -2.40. The van der Waals surface area contributed by atoms with Crippen molar-refractivity contribution in [3.8, 4) is 11.5 Å². The van der Waals surface area contributed by atoms with Gasteiger partial charge in [-0.1, -0.05) is 68.2 Å². The number of carbonyl (C=O) groups excluding carboxylic acids is 3. The molecule has 2 aromatic rings. The summed E-state index contributed by atoms with van der Waals surface area (Å²) in [7, 11) is 2.90. The second-order valence-corrected chi connectivity index (χ2v) is 16.3. The van der Waals surface area contributed by atoms with Crippen LogP contribution in [0.2, 0.25) is 0 Å². The summed E-state index contributed by atoms with van der Waals surface area (Å²) >= 11 is 0. The Morgan fingerprint density at radius 3 is 2.30 bits per heavy atom. The Morgan fingerprint density at radius 1 is 0.983 bits per heavy atom. The number of nitrogens with one attached hydrogen (secondary N) is 2. The van der Waals surface area contributed by atoms with Gasteiger partial charge in [0.15, 0.2) is 6.10 Å². The summed E-state index contributed by atoms with van der Waals surface area (Å²) < 4.78 is 16.8. The van der Waals surface area contributed by atoms with E-state index in [1.54, 1.807) is 64.1 Å². The summed E-state index contributed by atoms with van der Waals surface area (Å²) in [6, 6.07) is 9.25. The highest BCUT2D eigenvalue weighted by Crippen LogP contribution is 2.43. The number of fused-ring (bicyclic) bond motifs is 2. The fourth-order valence-electron chi connectivity index (χ4n) is 8.35. The first-order valence-corrected chi connectivity index (χ1v) is 20.9. The van der Waals surface area contributed by atoms with Gasteiger partial charge in [-0.2, -0.15) is 0 Å². The quantitative estimate of drug-likeness (QED) is 0.0968. The molecule has 0 aromatic heterocycles. The molecule has 2 bridgehead atoms. The predicted molar refractivity (Wildman–Crippen MR) is 233 cm³/mol. The molecule has 1 aliphatic carbocycles. The molecule has 60 heavy (non-hydrogen) atoms. The van der Waals surface area contributed by atoms with Gasteiger partial charge in [0.2, 0.25) is 0 Å². The number of nitrogens with two attached hydrogens (primary N) is 1. The van der Waals surface area contributed by atoms with Crippen molar-refractivity contribution in [3.63, 3.8) is 0 Å². The summed E-state index contributed by atoms with van der Waals surface area (Å²) in [5, 5.41) is 40.0. The lowest BCUT2D eigenvalue weighted by Crippen LogP contribution is -2.50. The number of primary amides is 1. The lowest BCUT2D eigenvalue weighted by atomic mass is 9.91. The number of ether oxygens (including phenoxy) is 3. The van der Waals surface area contributed by atoms with E-state index in [1.165, 1.54) is 58.5 Å². The topological polar surface area (TPSA) is 196 Å². The maximum Gasteiger partial charge on any atom is 0.405 e. The van der Waals surface area contributed by atoms with E-state index in [9.17, 15) is 29.7 Å². The molecule has 1 saturated heterocycles. The number of anilines is 2. The van der Waals surface area contributed by atoms with Gasteiger partial charge in [0.1, 0.15) is 17.6 Å². The third-order valence-electron chi connectivity index (χ3n) is 11.9. The Balaban J connectivity index is 1.41. The van der Waals surface area contributed by atoms with Crippen molar-refractivity contribution < 1.29 is 43.9 Å². The molecule has 0 unspecified atom stereocenters. The average molecular weight is 830 g/mol. The largest absolute Gasteiger partial charge is 0.506 e. The molecule has 2 aromatic carbocycles. The zero-order valence-electron chi connectivity index (χ0n) is 35.8. The van der Waals surface area contributed by atoms with E-state index in [0.29, 0.717) is 16.7 Å². The van der Waals surface area contributed by atoms with Crippen molar-refractivity contribution in [1.29, 1.82) is 0 Å². The van der Waals surface area contributed by atoms with E-state index < -0.39 is 59.7 Å². The molecule has 14 nitrogen and oxygen atoms in total. The second kappa shape index (κ2) is 21.5. The van der Waals surface area contributed by atoms with E-state index in [1.807, 2.05) is 12.1 Å². The highest BCUT2D eigenvalue weighted by atomic mass is 16.6. The average Bonchev–Trinajstić information content (AvgIpc) is 3.23. The Kier molecular flexibility index (Phi) is 16.5. The first-order valence-electron chi connectivity index (χ1n) is 20.9. The van der Waals surface area contributed by atoms with Gasteiger partial charge >= 0.3 is 6.09 Å². The van der Waals surface area contributed by atoms with Gasteiger partial charge in [0.05, 0.1) is 23.6 Å². The molecular weight excluding hydrogens is 767 g/mol.